The van der Waals surface area contributed by atoms with Crippen LogP contribution in [0.25, 0.3) is 0 Å². The van der Waals surface area contributed by atoms with E-state index in [4.69, 9.17) is 18.0 Å². The Bertz CT molecular complexity index is 662. The average Bonchev–Trinajstić information content (AvgIpc) is 2.44. The standard InChI is InChI=1S/C14H12BrFN2S2/c1-20-9-4-2-3-8(7-9)18-11-6-5-10(14(17)19)12(15)13(11)16/h2-7,18H,1H3,(H2,17,19). The van der Waals surface area contributed by atoms with Crippen LogP contribution in [0.5, 0.6) is 0 Å². The minimum absolute atomic E-state index is 0.159. The van der Waals surface area contributed by atoms with Crippen molar-refractivity contribution in [3.8, 4) is 0 Å². The van der Waals surface area contributed by atoms with E-state index >= 15 is 0 Å². The van der Waals surface area contributed by atoms with Crippen LogP contribution < -0.4 is 11.1 Å². The minimum atomic E-state index is -0.412. The van der Waals surface area contributed by atoms with Crippen molar-refractivity contribution in [2.45, 2.75) is 4.90 Å². The normalized spacial score (nSPS) is 10.3. The number of thiocarbonyl (C=S) groups is 1. The van der Waals surface area contributed by atoms with Crippen molar-refractivity contribution < 1.29 is 4.39 Å². The third-order valence-corrected chi connectivity index (χ3v) is 4.42. The fourth-order valence-corrected chi connectivity index (χ4v) is 3.01. The second-order valence-electron chi connectivity index (χ2n) is 4.01. The monoisotopic (exact) mass is 370 g/mol. The molecule has 0 aliphatic rings. The molecule has 0 atom stereocenters. The van der Waals surface area contributed by atoms with Crippen molar-refractivity contribution in [1.82, 2.24) is 0 Å². The van der Waals surface area contributed by atoms with Crippen LogP contribution in [0.15, 0.2) is 45.8 Å². The van der Waals surface area contributed by atoms with Crippen molar-refractivity contribution in [2.24, 2.45) is 5.73 Å². The van der Waals surface area contributed by atoms with Gasteiger partial charge >= 0.3 is 0 Å². The minimum Gasteiger partial charge on any atom is -0.389 e. The van der Waals surface area contributed by atoms with Crippen LogP contribution in [0.3, 0.4) is 0 Å². The fraction of sp³-hybridized carbons (Fsp3) is 0.0714. The predicted molar refractivity (Wildman–Crippen MR) is 91.5 cm³/mol. The number of benzene rings is 2. The molecule has 0 fully saturated rings. The van der Waals surface area contributed by atoms with Gasteiger partial charge in [-0.25, -0.2) is 4.39 Å². The lowest BCUT2D eigenvalue weighted by Crippen LogP contribution is -2.11. The van der Waals surface area contributed by atoms with E-state index in [1.807, 2.05) is 30.5 Å². The summed E-state index contributed by atoms with van der Waals surface area (Å²) in [4.78, 5) is 1.26. The topological polar surface area (TPSA) is 38.0 Å². The van der Waals surface area contributed by atoms with Gasteiger partial charge in [0.1, 0.15) is 4.99 Å². The van der Waals surface area contributed by atoms with Crippen LogP contribution in [0.4, 0.5) is 15.8 Å². The van der Waals surface area contributed by atoms with Crippen molar-refractivity contribution in [2.75, 3.05) is 11.6 Å². The SMILES string of the molecule is CSc1cccc(Nc2ccc(C(N)=S)c(Br)c2F)c1. The summed E-state index contributed by atoms with van der Waals surface area (Å²) in [5.74, 6) is -0.412. The molecule has 0 aliphatic heterocycles. The Morgan fingerprint density at radius 2 is 2.10 bits per heavy atom. The molecule has 2 aromatic carbocycles. The first-order valence-corrected chi connectivity index (χ1v) is 8.14. The number of rotatable bonds is 4. The summed E-state index contributed by atoms with van der Waals surface area (Å²) in [6, 6.07) is 11.1. The summed E-state index contributed by atoms with van der Waals surface area (Å²) >= 11 is 9.69. The Kier molecular flexibility index (Phi) is 5.01. The summed E-state index contributed by atoms with van der Waals surface area (Å²) in [5, 5.41) is 3.05. The maximum atomic E-state index is 14.3. The van der Waals surface area contributed by atoms with Crippen molar-refractivity contribution in [3.05, 3.63) is 52.3 Å². The third-order valence-electron chi connectivity index (χ3n) is 2.70. The van der Waals surface area contributed by atoms with Gasteiger partial charge in [0.25, 0.3) is 0 Å². The molecule has 6 heteroatoms. The third kappa shape index (κ3) is 3.31. The molecule has 3 N–H and O–H groups in total. The molecule has 2 aromatic rings. The van der Waals surface area contributed by atoms with Crippen molar-refractivity contribution >= 4 is 56.3 Å². The lowest BCUT2D eigenvalue weighted by atomic mass is 10.2. The van der Waals surface area contributed by atoms with E-state index in [2.05, 4.69) is 21.2 Å². The molecule has 0 aromatic heterocycles. The quantitative estimate of drug-likeness (QED) is 0.604. The first-order chi connectivity index (χ1) is 9.52. The van der Waals surface area contributed by atoms with Gasteiger partial charge in [-0.1, -0.05) is 18.3 Å². The average molecular weight is 371 g/mol. The van der Waals surface area contributed by atoms with Crippen LogP contribution in [0, 0.1) is 5.82 Å². The van der Waals surface area contributed by atoms with Gasteiger partial charge in [0.15, 0.2) is 5.82 Å². The smallest absolute Gasteiger partial charge is 0.161 e. The zero-order valence-corrected chi connectivity index (χ0v) is 13.8. The van der Waals surface area contributed by atoms with Gasteiger partial charge in [0, 0.05) is 16.1 Å². The summed E-state index contributed by atoms with van der Waals surface area (Å²) in [6.45, 7) is 0. The highest BCUT2D eigenvalue weighted by molar-refractivity contribution is 9.10. The van der Waals surface area contributed by atoms with E-state index in [9.17, 15) is 4.39 Å². The highest BCUT2D eigenvalue weighted by Gasteiger charge is 2.13. The second kappa shape index (κ2) is 6.56. The van der Waals surface area contributed by atoms with Crippen LogP contribution in [-0.4, -0.2) is 11.2 Å². The first kappa shape index (κ1) is 15.3. The molecule has 0 saturated heterocycles. The molecule has 0 amide bonds. The van der Waals surface area contributed by atoms with E-state index in [1.165, 1.54) is 0 Å². The molecule has 0 bridgehead atoms. The molecule has 0 saturated carbocycles. The molecule has 0 spiro atoms. The Morgan fingerprint density at radius 1 is 1.35 bits per heavy atom. The zero-order chi connectivity index (χ0) is 14.7. The summed E-state index contributed by atoms with van der Waals surface area (Å²) in [5.41, 5.74) is 7.22. The Labute approximate surface area is 135 Å². The van der Waals surface area contributed by atoms with Gasteiger partial charge in [-0.3, -0.25) is 0 Å². The lowest BCUT2D eigenvalue weighted by Gasteiger charge is -2.11. The maximum Gasteiger partial charge on any atom is 0.161 e. The molecular formula is C14H12BrFN2S2. The van der Waals surface area contributed by atoms with Crippen molar-refractivity contribution in [1.29, 1.82) is 0 Å². The van der Waals surface area contributed by atoms with Crippen LogP contribution in [0.1, 0.15) is 5.56 Å². The molecule has 20 heavy (non-hydrogen) atoms. The second-order valence-corrected chi connectivity index (χ2v) is 6.12. The van der Waals surface area contributed by atoms with Crippen molar-refractivity contribution in [3.63, 3.8) is 0 Å². The predicted octanol–water partition coefficient (Wildman–Crippen LogP) is 4.69. The first-order valence-electron chi connectivity index (χ1n) is 5.72. The van der Waals surface area contributed by atoms with E-state index in [0.717, 1.165) is 10.6 Å². The molecule has 2 nitrogen and oxygen atoms in total. The number of thioether (sulfide) groups is 1. The van der Waals surface area contributed by atoms with Gasteiger partial charge in [0.05, 0.1) is 10.2 Å². The Hall–Kier alpha value is -1.11. The number of anilines is 2. The van der Waals surface area contributed by atoms with Crippen LogP contribution >= 0.6 is 39.9 Å². The van der Waals surface area contributed by atoms with Gasteiger partial charge in [-0.2, -0.15) is 0 Å². The maximum absolute atomic E-state index is 14.3. The van der Waals surface area contributed by atoms with E-state index in [0.29, 0.717) is 11.3 Å². The van der Waals surface area contributed by atoms with E-state index in [1.54, 1.807) is 23.9 Å². The molecule has 0 aliphatic carbocycles. The van der Waals surface area contributed by atoms with Gasteiger partial charge < -0.3 is 11.1 Å². The highest BCUT2D eigenvalue weighted by atomic mass is 79.9. The largest absolute Gasteiger partial charge is 0.389 e. The van der Waals surface area contributed by atoms with Gasteiger partial charge in [-0.05, 0) is 52.5 Å². The summed E-state index contributed by atoms with van der Waals surface area (Å²) in [7, 11) is 0. The molecular weight excluding hydrogens is 359 g/mol. The highest BCUT2D eigenvalue weighted by Crippen LogP contribution is 2.30. The number of hydrogen-bond acceptors (Lipinski definition) is 3. The number of nitrogens with one attached hydrogen (secondary N) is 1. The number of halogens is 2. The molecule has 0 unspecified atom stereocenters. The number of hydrogen-bond donors (Lipinski definition) is 2. The summed E-state index contributed by atoms with van der Waals surface area (Å²) in [6.07, 6.45) is 1.99. The van der Waals surface area contributed by atoms with E-state index < -0.39 is 5.82 Å². The Balaban J connectivity index is 2.34. The molecule has 104 valence electrons. The van der Waals surface area contributed by atoms with E-state index in [-0.39, 0.29) is 9.46 Å². The fourth-order valence-electron chi connectivity index (χ4n) is 1.69. The number of nitrogens with two attached hydrogens (primary N) is 1. The van der Waals surface area contributed by atoms with Gasteiger partial charge in [0.2, 0.25) is 0 Å². The zero-order valence-electron chi connectivity index (χ0n) is 10.6. The summed E-state index contributed by atoms with van der Waals surface area (Å²) < 4.78 is 14.5. The Morgan fingerprint density at radius 3 is 2.75 bits per heavy atom. The molecule has 0 radical (unpaired) electrons. The molecule has 0 heterocycles. The lowest BCUT2D eigenvalue weighted by molar-refractivity contribution is 0.625. The van der Waals surface area contributed by atoms with Gasteiger partial charge in [-0.15, -0.1) is 11.8 Å². The van der Waals surface area contributed by atoms with Crippen LogP contribution in [0.2, 0.25) is 0 Å². The molecule has 2 rings (SSSR count). The van der Waals surface area contributed by atoms with Crippen LogP contribution in [-0.2, 0) is 0 Å².